The Kier molecular flexibility index (Phi) is 11.2. The second-order valence-corrected chi connectivity index (χ2v) is 7.42. The zero-order chi connectivity index (χ0) is 20.4. The van der Waals surface area contributed by atoms with Crippen molar-refractivity contribution in [2.45, 2.75) is 32.1 Å². The third-order valence-electron chi connectivity index (χ3n) is 5.16. The maximum absolute atomic E-state index is 12.6. The quantitative estimate of drug-likeness (QED) is 0.228. The van der Waals surface area contributed by atoms with E-state index in [-0.39, 0.29) is 35.3 Å². The Morgan fingerprint density at radius 2 is 1.90 bits per heavy atom. The number of halogens is 1. The Morgan fingerprint density at radius 3 is 2.52 bits per heavy atom. The van der Waals surface area contributed by atoms with Gasteiger partial charge in [-0.2, -0.15) is 0 Å². The lowest BCUT2D eigenvalue weighted by Gasteiger charge is -2.31. The topological polar surface area (TPSA) is 75.2 Å². The Labute approximate surface area is 191 Å². The number of hydrogen-bond acceptors (Lipinski definition) is 4. The lowest BCUT2D eigenvalue weighted by molar-refractivity contribution is -0.138. The number of nitrogens with zero attached hydrogens (tertiary/aromatic N) is 2. The first-order valence-corrected chi connectivity index (χ1v) is 9.94. The number of benzene rings is 1. The standard InChI is InChI=1S/C21H34N4O3.HI/c1-22-20(24-16-21(11-5-6-12-21)19(26)25(2)3)23-13-8-14-28-18-10-7-9-17(15-18)27-4;/h7,9-10,15H,5-6,8,11-14,16H2,1-4H3,(H2,22,23,24);1H. The number of hydrogen-bond donors (Lipinski definition) is 2. The predicted molar refractivity (Wildman–Crippen MR) is 127 cm³/mol. The molecule has 0 heterocycles. The van der Waals surface area contributed by atoms with E-state index in [0.717, 1.165) is 56.1 Å². The molecule has 0 saturated heterocycles. The summed E-state index contributed by atoms with van der Waals surface area (Å²) in [6.07, 6.45) is 4.91. The molecule has 0 atom stereocenters. The molecule has 1 aliphatic rings. The van der Waals surface area contributed by atoms with Crippen molar-refractivity contribution in [2.75, 3.05) is 47.9 Å². The Bertz CT molecular complexity index is 661. The SMILES string of the molecule is CN=C(NCCCOc1cccc(OC)c1)NCC1(C(=O)N(C)C)CCCC1.I. The zero-order valence-electron chi connectivity index (χ0n) is 18.0. The van der Waals surface area contributed by atoms with Gasteiger partial charge in [0.1, 0.15) is 11.5 Å². The molecule has 0 unspecified atom stereocenters. The van der Waals surface area contributed by atoms with E-state index in [4.69, 9.17) is 9.47 Å². The maximum atomic E-state index is 12.6. The van der Waals surface area contributed by atoms with Crippen LogP contribution in [-0.4, -0.2) is 64.7 Å². The Balaban J connectivity index is 0.00000420. The van der Waals surface area contributed by atoms with Crippen LogP contribution in [-0.2, 0) is 4.79 Å². The third kappa shape index (κ3) is 7.56. The molecule has 29 heavy (non-hydrogen) atoms. The number of carbonyl (C=O) groups excluding carboxylic acids is 1. The van der Waals surface area contributed by atoms with Crippen LogP contribution in [0.2, 0.25) is 0 Å². The van der Waals surface area contributed by atoms with Gasteiger partial charge < -0.3 is 25.0 Å². The molecule has 1 aliphatic carbocycles. The molecule has 1 fully saturated rings. The van der Waals surface area contributed by atoms with E-state index in [0.29, 0.717) is 13.2 Å². The summed E-state index contributed by atoms with van der Waals surface area (Å²) < 4.78 is 10.9. The van der Waals surface area contributed by atoms with Gasteiger partial charge in [-0.25, -0.2) is 0 Å². The van der Waals surface area contributed by atoms with Gasteiger partial charge in [0.2, 0.25) is 5.91 Å². The number of guanidine groups is 1. The van der Waals surface area contributed by atoms with Gasteiger partial charge >= 0.3 is 0 Å². The predicted octanol–water partition coefficient (Wildman–Crippen LogP) is 2.90. The Hall–Kier alpha value is -1.71. The highest BCUT2D eigenvalue weighted by Gasteiger charge is 2.42. The van der Waals surface area contributed by atoms with Crippen LogP contribution in [0.4, 0.5) is 0 Å². The second-order valence-electron chi connectivity index (χ2n) is 7.42. The smallest absolute Gasteiger partial charge is 0.230 e. The minimum Gasteiger partial charge on any atom is -0.497 e. The van der Waals surface area contributed by atoms with Gasteiger partial charge in [0.25, 0.3) is 0 Å². The first-order chi connectivity index (χ1) is 13.5. The average molecular weight is 518 g/mol. The van der Waals surface area contributed by atoms with Crippen LogP contribution < -0.4 is 20.1 Å². The fraction of sp³-hybridized carbons (Fsp3) is 0.619. The van der Waals surface area contributed by atoms with Crippen LogP contribution >= 0.6 is 24.0 Å². The number of nitrogens with one attached hydrogen (secondary N) is 2. The van der Waals surface area contributed by atoms with Crippen LogP contribution in [0.1, 0.15) is 32.1 Å². The summed E-state index contributed by atoms with van der Waals surface area (Å²) in [5, 5.41) is 6.64. The third-order valence-corrected chi connectivity index (χ3v) is 5.16. The normalized spacial score (nSPS) is 15.2. The molecule has 0 bridgehead atoms. The molecule has 8 heteroatoms. The second kappa shape index (κ2) is 12.8. The van der Waals surface area contributed by atoms with Gasteiger partial charge in [-0.05, 0) is 31.4 Å². The van der Waals surface area contributed by atoms with Crippen LogP contribution in [0.15, 0.2) is 29.3 Å². The molecule has 1 amide bonds. The Morgan fingerprint density at radius 1 is 1.21 bits per heavy atom. The fourth-order valence-corrected chi connectivity index (χ4v) is 3.63. The van der Waals surface area contributed by atoms with E-state index in [1.807, 2.05) is 38.4 Å². The number of ether oxygens (including phenoxy) is 2. The van der Waals surface area contributed by atoms with Gasteiger partial charge in [0.15, 0.2) is 5.96 Å². The van der Waals surface area contributed by atoms with Crippen molar-refractivity contribution in [3.8, 4) is 11.5 Å². The van der Waals surface area contributed by atoms with E-state index in [1.165, 1.54) is 0 Å². The first kappa shape index (κ1) is 25.3. The zero-order valence-corrected chi connectivity index (χ0v) is 20.3. The van der Waals surface area contributed by atoms with Gasteiger partial charge in [-0.3, -0.25) is 9.79 Å². The maximum Gasteiger partial charge on any atom is 0.230 e. The molecule has 1 saturated carbocycles. The summed E-state index contributed by atoms with van der Waals surface area (Å²) in [5.41, 5.74) is -0.309. The highest BCUT2D eigenvalue weighted by Crippen LogP contribution is 2.38. The van der Waals surface area contributed by atoms with Gasteiger partial charge in [-0.1, -0.05) is 18.9 Å². The molecule has 2 rings (SSSR count). The number of carbonyl (C=O) groups is 1. The summed E-state index contributed by atoms with van der Waals surface area (Å²) in [6.45, 7) is 1.95. The van der Waals surface area contributed by atoms with Crippen molar-refractivity contribution in [1.82, 2.24) is 15.5 Å². The summed E-state index contributed by atoms with van der Waals surface area (Å²) in [5.74, 6) is 2.51. The summed E-state index contributed by atoms with van der Waals surface area (Å²) in [4.78, 5) is 18.6. The molecule has 2 N–H and O–H groups in total. The van der Waals surface area contributed by atoms with Gasteiger partial charge in [0, 0.05) is 40.3 Å². The van der Waals surface area contributed by atoms with Crippen molar-refractivity contribution in [2.24, 2.45) is 10.4 Å². The molecule has 1 aromatic rings. The summed E-state index contributed by atoms with van der Waals surface area (Å²) >= 11 is 0. The van der Waals surface area contributed by atoms with Crippen molar-refractivity contribution in [1.29, 1.82) is 0 Å². The lowest BCUT2D eigenvalue weighted by Crippen LogP contribution is -2.49. The number of rotatable bonds is 9. The minimum atomic E-state index is -0.309. The molecular weight excluding hydrogens is 483 g/mol. The molecule has 0 aliphatic heterocycles. The van der Waals surface area contributed by atoms with Crippen molar-refractivity contribution < 1.29 is 14.3 Å². The molecule has 0 aromatic heterocycles. The summed E-state index contributed by atoms with van der Waals surface area (Å²) in [6, 6.07) is 7.59. The largest absolute Gasteiger partial charge is 0.497 e. The minimum absolute atomic E-state index is 0. The average Bonchev–Trinajstić information content (AvgIpc) is 3.19. The monoisotopic (exact) mass is 518 g/mol. The molecule has 1 aromatic carbocycles. The van der Waals surface area contributed by atoms with E-state index in [2.05, 4.69) is 15.6 Å². The van der Waals surface area contributed by atoms with E-state index < -0.39 is 0 Å². The molecule has 0 radical (unpaired) electrons. The van der Waals surface area contributed by atoms with E-state index in [9.17, 15) is 4.79 Å². The lowest BCUT2D eigenvalue weighted by atomic mass is 9.84. The van der Waals surface area contributed by atoms with E-state index >= 15 is 0 Å². The van der Waals surface area contributed by atoms with Crippen LogP contribution in [0.5, 0.6) is 11.5 Å². The van der Waals surface area contributed by atoms with Crippen LogP contribution in [0, 0.1) is 5.41 Å². The molecular formula is C21H35IN4O3. The number of amides is 1. The number of methoxy groups -OCH3 is 1. The molecule has 164 valence electrons. The number of aliphatic imine (C=N–C) groups is 1. The van der Waals surface area contributed by atoms with Crippen molar-refractivity contribution in [3.63, 3.8) is 0 Å². The fourth-order valence-electron chi connectivity index (χ4n) is 3.63. The van der Waals surface area contributed by atoms with Crippen LogP contribution in [0.25, 0.3) is 0 Å². The highest BCUT2D eigenvalue weighted by atomic mass is 127. The van der Waals surface area contributed by atoms with Crippen LogP contribution in [0.3, 0.4) is 0 Å². The van der Waals surface area contributed by atoms with Crippen molar-refractivity contribution >= 4 is 35.8 Å². The summed E-state index contributed by atoms with van der Waals surface area (Å²) in [7, 11) is 7.05. The van der Waals surface area contributed by atoms with Gasteiger partial charge in [-0.15, -0.1) is 24.0 Å². The molecule has 0 spiro atoms. The highest BCUT2D eigenvalue weighted by molar-refractivity contribution is 14.0. The van der Waals surface area contributed by atoms with E-state index in [1.54, 1.807) is 19.1 Å². The molecule has 7 nitrogen and oxygen atoms in total. The van der Waals surface area contributed by atoms with Crippen molar-refractivity contribution in [3.05, 3.63) is 24.3 Å². The first-order valence-electron chi connectivity index (χ1n) is 9.94. The van der Waals surface area contributed by atoms with Gasteiger partial charge in [0.05, 0.1) is 19.1 Å².